The minimum Gasteiger partial charge on any atom is -0.326 e. The maximum Gasteiger partial charge on any atom is 0.0890 e. The first-order valence-electron chi connectivity index (χ1n) is 5.50. The van der Waals surface area contributed by atoms with Crippen molar-refractivity contribution in [1.29, 1.82) is 0 Å². The second-order valence-electron chi connectivity index (χ2n) is 3.87. The van der Waals surface area contributed by atoms with Crippen LogP contribution in [0.5, 0.6) is 0 Å². The molecule has 0 fully saturated rings. The van der Waals surface area contributed by atoms with Crippen molar-refractivity contribution in [1.82, 2.24) is 4.98 Å². The molecule has 0 spiro atoms. The van der Waals surface area contributed by atoms with Crippen LogP contribution in [0.1, 0.15) is 5.56 Å². The van der Waals surface area contributed by atoms with Gasteiger partial charge in [0, 0.05) is 12.1 Å². The third kappa shape index (κ3) is 1.73. The molecule has 0 saturated heterocycles. The van der Waals surface area contributed by atoms with E-state index >= 15 is 0 Å². The van der Waals surface area contributed by atoms with Crippen LogP contribution in [0.4, 0.5) is 0 Å². The standard InChI is InChI=1S/C14H12N2S/c15-8-10-4-1-2-5-11(10)12-6-3-7-13-14(12)16-9-17-13/h1-7,9H,8,15H2. The van der Waals surface area contributed by atoms with Crippen molar-refractivity contribution in [2.75, 3.05) is 0 Å². The van der Waals surface area contributed by atoms with Gasteiger partial charge in [0.2, 0.25) is 0 Å². The smallest absolute Gasteiger partial charge is 0.0890 e. The van der Waals surface area contributed by atoms with Crippen molar-refractivity contribution in [3.63, 3.8) is 0 Å². The number of aromatic nitrogens is 1. The summed E-state index contributed by atoms with van der Waals surface area (Å²) in [6.45, 7) is 0.552. The van der Waals surface area contributed by atoms with E-state index in [1.807, 2.05) is 17.6 Å². The topological polar surface area (TPSA) is 38.9 Å². The third-order valence-electron chi connectivity index (χ3n) is 2.89. The van der Waals surface area contributed by atoms with Gasteiger partial charge in [0.15, 0.2) is 0 Å². The van der Waals surface area contributed by atoms with Crippen molar-refractivity contribution in [2.45, 2.75) is 6.54 Å². The zero-order chi connectivity index (χ0) is 11.7. The van der Waals surface area contributed by atoms with E-state index in [4.69, 9.17) is 5.73 Å². The van der Waals surface area contributed by atoms with Crippen LogP contribution in [0.25, 0.3) is 21.3 Å². The molecule has 84 valence electrons. The maximum atomic E-state index is 5.79. The summed E-state index contributed by atoms with van der Waals surface area (Å²) in [6, 6.07) is 14.5. The first kappa shape index (κ1) is 10.4. The van der Waals surface area contributed by atoms with E-state index in [0.717, 1.165) is 11.1 Å². The van der Waals surface area contributed by atoms with Gasteiger partial charge in [-0.15, -0.1) is 11.3 Å². The Kier molecular flexibility index (Phi) is 2.63. The van der Waals surface area contributed by atoms with Crippen molar-refractivity contribution < 1.29 is 0 Å². The average Bonchev–Trinajstić information content (AvgIpc) is 2.86. The van der Waals surface area contributed by atoms with Gasteiger partial charge in [-0.25, -0.2) is 4.98 Å². The Morgan fingerprint density at radius 1 is 1.00 bits per heavy atom. The minimum absolute atomic E-state index is 0.552. The van der Waals surface area contributed by atoms with Crippen LogP contribution in [0.3, 0.4) is 0 Å². The number of thiazole rings is 1. The predicted octanol–water partition coefficient (Wildman–Crippen LogP) is 3.42. The van der Waals surface area contributed by atoms with E-state index in [1.54, 1.807) is 11.3 Å². The molecule has 0 bridgehead atoms. The van der Waals surface area contributed by atoms with Gasteiger partial charge in [-0.2, -0.15) is 0 Å². The van der Waals surface area contributed by atoms with Gasteiger partial charge < -0.3 is 5.73 Å². The second-order valence-corrected chi connectivity index (χ2v) is 4.75. The van der Waals surface area contributed by atoms with Crippen molar-refractivity contribution in [3.05, 3.63) is 53.5 Å². The first-order valence-corrected chi connectivity index (χ1v) is 6.38. The Bertz CT molecular complexity index is 658. The molecule has 0 aliphatic carbocycles. The Labute approximate surface area is 104 Å². The first-order chi connectivity index (χ1) is 8.40. The number of hydrogen-bond acceptors (Lipinski definition) is 3. The molecule has 2 N–H and O–H groups in total. The van der Waals surface area contributed by atoms with E-state index in [-0.39, 0.29) is 0 Å². The highest BCUT2D eigenvalue weighted by molar-refractivity contribution is 7.16. The zero-order valence-corrected chi connectivity index (χ0v) is 10.1. The number of rotatable bonds is 2. The van der Waals surface area contributed by atoms with Crippen LogP contribution in [0.15, 0.2) is 48.0 Å². The van der Waals surface area contributed by atoms with Crippen LogP contribution in [-0.2, 0) is 6.54 Å². The number of fused-ring (bicyclic) bond motifs is 1. The van der Waals surface area contributed by atoms with Crippen molar-refractivity contribution >= 4 is 21.6 Å². The van der Waals surface area contributed by atoms with E-state index in [0.29, 0.717) is 6.54 Å². The van der Waals surface area contributed by atoms with E-state index in [1.165, 1.54) is 15.8 Å². The molecule has 2 nitrogen and oxygen atoms in total. The molecule has 0 atom stereocenters. The SMILES string of the molecule is NCc1ccccc1-c1cccc2scnc12. The summed E-state index contributed by atoms with van der Waals surface area (Å²) < 4.78 is 1.22. The normalized spacial score (nSPS) is 10.9. The number of benzene rings is 2. The fourth-order valence-electron chi connectivity index (χ4n) is 2.06. The number of para-hydroxylation sites is 1. The van der Waals surface area contributed by atoms with Crippen molar-refractivity contribution in [3.8, 4) is 11.1 Å². The molecule has 1 aromatic heterocycles. The van der Waals surface area contributed by atoms with Crippen molar-refractivity contribution in [2.24, 2.45) is 5.73 Å². The molecule has 3 rings (SSSR count). The zero-order valence-electron chi connectivity index (χ0n) is 9.26. The molecule has 0 radical (unpaired) electrons. The van der Waals surface area contributed by atoms with Crippen LogP contribution < -0.4 is 5.73 Å². The fraction of sp³-hybridized carbons (Fsp3) is 0.0714. The molecule has 3 aromatic rings. The third-order valence-corrected chi connectivity index (χ3v) is 3.68. The van der Waals surface area contributed by atoms with Gasteiger partial charge in [0.05, 0.1) is 15.7 Å². The summed E-state index contributed by atoms with van der Waals surface area (Å²) in [4.78, 5) is 4.45. The monoisotopic (exact) mass is 240 g/mol. The molecule has 0 aliphatic rings. The average molecular weight is 240 g/mol. The van der Waals surface area contributed by atoms with Gasteiger partial charge in [0.1, 0.15) is 0 Å². The highest BCUT2D eigenvalue weighted by atomic mass is 32.1. The van der Waals surface area contributed by atoms with Gasteiger partial charge >= 0.3 is 0 Å². The van der Waals surface area contributed by atoms with Gasteiger partial charge in [0.25, 0.3) is 0 Å². The molecule has 2 aromatic carbocycles. The molecule has 0 unspecified atom stereocenters. The molecule has 0 saturated carbocycles. The summed E-state index contributed by atoms with van der Waals surface area (Å²) in [5.41, 5.74) is 12.3. The van der Waals surface area contributed by atoms with Crippen LogP contribution in [-0.4, -0.2) is 4.98 Å². The second kappa shape index (κ2) is 4.28. The largest absolute Gasteiger partial charge is 0.326 e. The molecule has 0 amide bonds. The Balaban J connectivity index is 2.30. The molecular formula is C14H12N2S. The lowest BCUT2D eigenvalue weighted by molar-refractivity contribution is 1.07. The fourth-order valence-corrected chi connectivity index (χ4v) is 2.77. The lowest BCUT2D eigenvalue weighted by atomic mass is 9.99. The summed E-state index contributed by atoms with van der Waals surface area (Å²) in [7, 11) is 0. The summed E-state index contributed by atoms with van der Waals surface area (Å²) in [6.07, 6.45) is 0. The Morgan fingerprint density at radius 2 is 1.82 bits per heavy atom. The summed E-state index contributed by atoms with van der Waals surface area (Å²) in [5, 5.41) is 0. The van der Waals surface area contributed by atoms with Gasteiger partial charge in [-0.3, -0.25) is 0 Å². The highest BCUT2D eigenvalue weighted by Crippen LogP contribution is 2.31. The molecule has 1 heterocycles. The number of nitrogens with zero attached hydrogens (tertiary/aromatic N) is 1. The summed E-state index contributed by atoms with van der Waals surface area (Å²) in [5.74, 6) is 0. The predicted molar refractivity (Wildman–Crippen MR) is 72.9 cm³/mol. The van der Waals surface area contributed by atoms with E-state index in [2.05, 4.69) is 35.3 Å². The molecular weight excluding hydrogens is 228 g/mol. The minimum atomic E-state index is 0.552. The van der Waals surface area contributed by atoms with Crippen LogP contribution in [0.2, 0.25) is 0 Å². The van der Waals surface area contributed by atoms with E-state index in [9.17, 15) is 0 Å². The molecule has 17 heavy (non-hydrogen) atoms. The quantitative estimate of drug-likeness (QED) is 0.745. The lowest BCUT2D eigenvalue weighted by Gasteiger charge is -2.08. The lowest BCUT2D eigenvalue weighted by Crippen LogP contribution is -1.98. The van der Waals surface area contributed by atoms with Gasteiger partial charge in [-0.05, 0) is 17.2 Å². The maximum absolute atomic E-state index is 5.79. The Hall–Kier alpha value is -1.71. The van der Waals surface area contributed by atoms with Gasteiger partial charge in [-0.1, -0.05) is 36.4 Å². The highest BCUT2D eigenvalue weighted by Gasteiger charge is 2.08. The number of hydrogen-bond donors (Lipinski definition) is 1. The molecule has 3 heteroatoms. The molecule has 0 aliphatic heterocycles. The van der Waals surface area contributed by atoms with E-state index < -0.39 is 0 Å². The van der Waals surface area contributed by atoms with Crippen LogP contribution >= 0.6 is 11.3 Å². The summed E-state index contributed by atoms with van der Waals surface area (Å²) >= 11 is 1.67. The van der Waals surface area contributed by atoms with Crippen LogP contribution in [0, 0.1) is 0 Å². The Morgan fingerprint density at radius 3 is 2.71 bits per heavy atom. The number of nitrogens with two attached hydrogens (primary N) is 1.